The van der Waals surface area contributed by atoms with Gasteiger partial charge < -0.3 is 5.32 Å². The van der Waals surface area contributed by atoms with E-state index in [4.69, 9.17) is 0 Å². The summed E-state index contributed by atoms with van der Waals surface area (Å²) < 4.78 is 1.63. The third kappa shape index (κ3) is 2.96. The molecule has 0 fully saturated rings. The number of hydrogen-bond acceptors (Lipinski definition) is 3. The van der Waals surface area contributed by atoms with Crippen molar-refractivity contribution >= 4 is 5.91 Å². The number of benzene rings is 3. The van der Waals surface area contributed by atoms with Crippen LogP contribution in [0.5, 0.6) is 0 Å². The third-order valence-corrected chi connectivity index (χ3v) is 6.69. The van der Waals surface area contributed by atoms with Gasteiger partial charge in [-0.15, -0.1) is 5.10 Å². The van der Waals surface area contributed by atoms with E-state index in [1.165, 1.54) is 22.3 Å². The van der Waals surface area contributed by atoms with Gasteiger partial charge in [0.1, 0.15) is 0 Å². The van der Waals surface area contributed by atoms with Crippen molar-refractivity contribution < 1.29 is 4.79 Å². The van der Waals surface area contributed by atoms with Gasteiger partial charge in [0.2, 0.25) is 0 Å². The molecule has 1 aromatic heterocycles. The number of nitrogens with zero attached hydrogens (tertiary/aromatic N) is 3. The highest BCUT2D eigenvalue weighted by molar-refractivity contribution is 5.91. The van der Waals surface area contributed by atoms with E-state index in [0.717, 1.165) is 12.1 Å². The van der Waals surface area contributed by atoms with Gasteiger partial charge in [0.25, 0.3) is 5.91 Å². The molecule has 2 bridgehead atoms. The molecule has 1 heterocycles. The van der Waals surface area contributed by atoms with Gasteiger partial charge >= 0.3 is 0 Å². The number of fused-ring (bicyclic) bond motifs is 1. The molecule has 0 aliphatic heterocycles. The molecule has 3 aromatic carbocycles. The summed E-state index contributed by atoms with van der Waals surface area (Å²) in [6, 6.07) is 27.2. The number of para-hydroxylation sites is 1. The molecule has 5 heteroatoms. The second kappa shape index (κ2) is 7.20. The van der Waals surface area contributed by atoms with Gasteiger partial charge in [0, 0.05) is 18.4 Å². The molecule has 0 saturated carbocycles. The number of nitrogens with one attached hydrogen (secondary N) is 1. The predicted molar refractivity (Wildman–Crippen MR) is 118 cm³/mol. The van der Waals surface area contributed by atoms with E-state index in [1.807, 2.05) is 30.3 Å². The fourth-order valence-electron chi connectivity index (χ4n) is 5.35. The minimum Gasteiger partial charge on any atom is -0.350 e. The third-order valence-electron chi connectivity index (χ3n) is 6.69. The molecule has 1 amide bonds. The SMILES string of the molecule is O=C(NCC1CC2c3ccccc3C1c1ccccc12)c1cn(-c2ccccc2)nn1. The lowest BCUT2D eigenvalue weighted by Crippen LogP contribution is -2.39. The summed E-state index contributed by atoms with van der Waals surface area (Å²) in [6.07, 6.45) is 2.73. The summed E-state index contributed by atoms with van der Waals surface area (Å²) in [7, 11) is 0. The zero-order valence-electron chi connectivity index (χ0n) is 17.0. The van der Waals surface area contributed by atoms with Crippen LogP contribution >= 0.6 is 0 Å². The molecule has 31 heavy (non-hydrogen) atoms. The van der Waals surface area contributed by atoms with Crippen molar-refractivity contribution in [2.75, 3.05) is 6.54 Å². The molecule has 3 aliphatic carbocycles. The van der Waals surface area contributed by atoms with Crippen LogP contribution in [0.2, 0.25) is 0 Å². The largest absolute Gasteiger partial charge is 0.350 e. The van der Waals surface area contributed by atoms with Crippen LogP contribution in [0.4, 0.5) is 0 Å². The molecule has 3 aliphatic rings. The van der Waals surface area contributed by atoms with Crippen molar-refractivity contribution in [3.63, 3.8) is 0 Å². The zero-order valence-corrected chi connectivity index (χ0v) is 17.0. The van der Waals surface area contributed by atoms with Gasteiger partial charge in [-0.3, -0.25) is 4.79 Å². The highest BCUT2D eigenvalue weighted by atomic mass is 16.2. The molecule has 1 N–H and O–H groups in total. The van der Waals surface area contributed by atoms with Crippen molar-refractivity contribution in [3.05, 3.63) is 113 Å². The molecule has 1 unspecified atom stereocenters. The highest BCUT2D eigenvalue weighted by Crippen LogP contribution is 2.55. The Morgan fingerprint density at radius 2 is 1.48 bits per heavy atom. The number of carbonyl (C=O) groups is 1. The topological polar surface area (TPSA) is 59.8 Å². The number of amides is 1. The second-order valence-corrected chi connectivity index (χ2v) is 8.38. The lowest BCUT2D eigenvalue weighted by atomic mass is 9.59. The molecule has 4 aromatic rings. The summed E-state index contributed by atoms with van der Waals surface area (Å²) in [5, 5.41) is 11.3. The van der Waals surface area contributed by atoms with E-state index in [-0.39, 0.29) is 5.91 Å². The van der Waals surface area contributed by atoms with Crippen molar-refractivity contribution in [1.29, 1.82) is 0 Å². The molecule has 0 radical (unpaired) electrons. The number of carbonyl (C=O) groups excluding carboxylic acids is 1. The fraction of sp³-hybridized carbons (Fsp3) is 0.192. The van der Waals surface area contributed by atoms with Gasteiger partial charge in [0.15, 0.2) is 5.69 Å². The first-order valence-corrected chi connectivity index (χ1v) is 10.7. The Morgan fingerprint density at radius 1 is 0.871 bits per heavy atom. The van der Waals surface area contributed by atoms with E-state index >= 15 is 0 Å². The second-order valence-electron chi connectivity index (χ2n) is 8.38. The van der Waals surface area contributed by atoms with Gasteiger partial charge in [-0.2, -0.15) is 0 Å². The summed E-state index contributed by atoms with van der Waals surface area (Å²) in [4.78, 5) is 12.8. The van der Waals surface area contributed by atoms with Gasteiger partial charge in [-0.05, 0) is 46.7 Å². The maximum Gasteiger partial charge on any atom is 0.273 e. The van der Waals surface area contributed by atoms with Crippen LogP contribution in [0.3, 0.4) is 0 Å². The van der Waals surface area contributed by atoms with E-state index in [2.05, 4.69) is 64.2 Å². The average molecular weight is 406 g/mol. The minimum atomic E-state index is -0.176. The van der Waals surface area contributed by atoms with E-state index in [0.29, 0.717) is 30.0 Å². The molecular weight excluding hydrogens is 384 g/mol. The molecule has 0 spiro atoms. The normalized spacial score (nSPS) is 20.7. The van der Waals surface area contributed by atoms with Crippen LogP contribution < -0.4 is 5.32 Å². The molecular formula is C26H22N4O. The zero-order chi connectivity index (χ0) is 20.8. The number of rotatable bonds is 4. The fourth-order valence-corrected chi connectivity index (χ4v) is 5.35. The van der Waals surface area contributed by atoms with Crippen molar-refractivity contribution in [2.24, 2.45) is 5.92 Å². The summed E-state index contributed by atoms with van der Waals surface area (Å²) >= 11 is 0. The maximum atomic E-state index is 12.8. The Labute approximate surface area is 180 Å². The first-order chi connectivity index (χ1) is 15.3. The molecule has 152 valence electrons. The molecule has 1 atom stereocenters. The Kier molecular flexibility index (Phi) is 4.20. The van der Waals surface area contributed by atoms with Crippen LogP contribution in [-0.2, 0) is 0 Å². The Bertz CT molecular complexity index is 1220. The summed E-state index contributed by atoms with van der Waals surface area (Å²) in [5.74, 6) is 0.907. The maximum absolute atomic E-state index is 12.8. The van der Waals surface area contributed by atoms with E-state index in [1.54, 1.807) is 10.9 Å². The van der Waals surface area contributed by atoms with Gasteiger partial charge in [-0.25, -0.2) is 4.68 Å². The molecule has 5 nitrogen and oxygen atoms in total. The predicted octanol–water partition coefficient (Wildman–Crippen LogP) is 4.29. The standard InChI is InChI=1S/C26H22N4O/c31-26(24-16-30(29-28-24)18-8-2-1-3-9-18)27-15-17-14-23-19-10-4-6-12-21(19)25(17)22-13-7-5-11-20(22)23/h1-13,16-17,23,25H,14-15H2,(H,27,31). The Balaban J connectivity index is 1.23. The van der Waals surface area contributed by atoms with Crippen molar-refractivity contribution in [2.45, 2.75) is 18.3 Å². The van der Waals surface area contributed by atoms with Crippen molar-refractivity contribution in [1.82, 2.24) is 20.3 Å². The van der Waals surface area contributed by atoms with E-state index < -0.39 is 0 Å². The van der Waals surface area contributed by atoms with Crippen LogP contribution in [0.25, 0.3) is 5.69 Å². The van der Waals surface area contributed by atoms with Crippen molar-refractivity contribution in [3.8, 4) is 5.69 Å². The quantitative estimate of drug-likeness (QED) is 0.550. The average Bonchev–Trinajstić information content (AvgIpc) is 3.34. The van der Waals surface area contributed by atoms with Crippen LogP contribution in [-0.4, -0.2) is 27.4 Å². The molecule has 0 saturated heterocycles. The summed E-state index contributed by atoms with van der Waals surface area (Å²) in [6.45, 7) is 0.626. The van der Waals surface area contributed by atoms with Crippen LogP contribution in [0.15, 0.2) is 85.1 Å². The lowest BCUT2D eigenvalue weighted by Gasteiger charge is -2.45. The monoisotopic (exact) mass is 406 g/mol. The van der Waals surface area contributed by atoms with Gasteiger partial charge in [0.05, 0.1) is 11.9 Å². The number of hydrogen-bond donors (Lipinski definition) is 1. The summed E-state index contributed by atoms with van der Waals surface area (Å²) in [5.41, 5.74) is 6.93. The number of aromatic nitrogens is 3. The van der Waals surface area contributed by atoms with E-state index in [9.17, 15) is 4.79 Å². The molecule has 7 rings (SSSR count). The first kappa shape index (κ1) is 18.1. The lowest BCUT2D eigenvalue weighted by molar-refractivity contribution is 0.0938. The Morgan fingerprint density at radius 3 is 2.16 bits per heavy atom. The van der Waals surface area contributed by atoms with Gasteiger partial charge in [-0.1, -0.05) is 71.9 Å². The smallest absolute Gasteiger partial charge is 0.273 e. The Hall–Kier alpha value is -3.73. The highest BCUT2D eigenvalue weighted by Gasteiger charge is 2.42. The van der Waals surface area contributed by atoms with Crippen LogP contribution in [0, 0.1) is 5.92 Å². The minimum absolute atomic E-state index is 0.176. The van der Waals surface area contributed by atoms with Crippen LogP contribution in [0.1, 0.15) is 51.0 Å². The first-order valence-electron chi connectivity index (χ1n) is 10.7.